The van der Waals surface area contributed by atoms with Crippen molar-refractivity contribution >= 4 is 41.4 Å². The van der Waals surface area contributed by atoms with Crippen LogP contribution in [0.2, 0.25) is 0 Å². The zero-order valence-electron chi connectivity index (χ0n) is 24.4. The van der Waals surface area contributed by atoms with E-state index < -0.39 is 30.1 Å². The molecule has 0 atom stereocenters. The number of nitrogens with two attached hydrogens (primary N) is 1. The average Bonchev–Trinajstić information content (AvgIpc) is 3.00. The maximum Gasteiger partial charge on any atom is 0.243 e. The predicted octanol–water partition coefficient (Wildman–Crippen LogP) is 1.84. The molecule has 2 aliphatic heterocycles. The topological polar surface area (TPSA) is 165 Å². The third-order valence-electron chi connectivity index (χ3n) is 8.06. The Hall–Kier alpha value is -3.52. The third-order valence-corrected chi connectivity index (χ3v) is 13.1. The summed E-state index contributed by atoms with van der Waals surface area (Å²) in [6.07, 6.45) is 0. The van der Waals surface area contributed by atoms with Crippen molar-refractivity contribution in [3.63, 3.8) is 0 Å². The number of rotatable bonds is 7. The van der Waals surface area contributed by atoms with Crippen LogP contribution in [0.15, 0.2) is 75.4 Å². The van der Waals surface area contributed by atoms with Crippen LogP contribution >= 0.6 is 0 Å². The highest BCUT2D eigenvalue weighted by Gasteiger charge is 2.35. The number of para-hydroxylation sites is 2. The molecule has 15 heteroatoms. The first-order chi connectivity index (χ1) is 20.7. The molecule has 2 N–H and O–H groups in total. The molecule has 0 radical (unpaired) electrons. The van der Waals surface area contributed by atoms with Crippen LogP contribution in [0.4, 0.5) is 11.4 Å². The second kappa shape index (κ2) is 12.1. The Morgan fingerprint density at radius 2 is 1.05 bits per heavy atom. The molecule has 2 aliphatic rings. The Bertz CT molecular complexity index is 1940. The van der Waals surface area contributed by atoms with E-state index in [1.807, 2.05) is 17.0 Å². The normalized spacial score (nSPS) is 17.4. The maximum absolute atomic E-state index is 13.9. The lowest BCUT2D eigenvalue weighted by Crippen LogP contribution is -2.49. The molecular weight excluding hydrogens is 625 g/mol. The van der Waals surface area contributed by atoms with Gasteiger partial charge >= 0.3 is 0 Å². The van der Waals surface area contributed by atoms with Crippen LogP contribution < -0.4 is 14.9 Å². The number of hydrogen-bond donors (Lipinski definition) is 1. The largest absolute Gasteiger partial charge is 0.368 e. The molecule has 0 bridgehead atoms. The van der Waals surface area contributed by atoms with Gasteiger partial charge in [-0.3, -0.25) is 0 Å². The van der Waals surface area contributed by atoms with Crippen LogP contribution in [-0.4, -0.2) is 86.2 Å². The Kier molecular flexibility index (Phi) is 8.78. The molecule has 234 valence electrons. The summed E-state index contributed by atoms with van der Waals surface area (Å²) in [5.41, 5.74) is 2.55. The average molecular weight is 659 g/mol. The third kappa shape index (κ3) is 6.06. The molecule has 0 aliphatic carbocycles. The highest BCUT2D eigenvalue weighted by molar-refractivity contribution is 7.90. The summed E-state index contributed by atoms with van der Waals surface area (Å²) in [6.45, 7) is 5.00. The van der Waals surface area contributed by atoms with Gasteiger partial charge in [0.2, 0.25) is 30.1 Å². The maximum atomic E-state index is 13.9. The van der Waals surface area contributed by atoms with Gasteiger partial charge in [-0.05, 0) is 55.3 Å². The van der Waals surface area contributed by atoms with E-state index in [2.05, 4.69) is 6.07 Å². The van der Waals surface area contributed by atoms with Crippen molar-refractivity contribution in [2.24, 2.45) is 5.14 Å². The molecule has 0 amide bonds. The molecule has 44 heavy (non-hydrogen) atoms. The van der Waals surface area contributed by atoms with Gasteiger partial charge < -0.3 is 9.80 Å². The Morgan fingerprint density at radius 3 is 1.52 bits per heavy atom. The monoisotopic (exact) mass is 658 g/mol. The molecule has 2 heterocycles. The molecule has 3 aromatic carbocycles. The number of benzene rings is 3. The van der Waals surface area contributed by atoms with Gasteiger partial charge in [-0.1, -0.05) is 30.3 Å². The first kappa shape index (κ1) is 31.9. The van der Waals surface area contributed by atoms with E-state index in [1.54, 1.807) is 55.1 Å². The summed E-state index contributed by atoms with van der Waals surface area (Å²) < 4.78 is 82.2. The lowest BCUT2D eigenvalue weighted by Gasteiger charge is -2.37. The summed E-state index contributed by atoms with van der Waals surface area (Å²) in [7, 11) is -12.1. The Labute approximate surface area is 259 Å². The Balaban J connectivity index is 1.35. The number of sulfonamides is 3. The minimum atomic E-state index is -4.08. The van der Waals surface area contributed by atoms with E-state index in [-0.39, 0.29) is 54.0 Å². The van der Waals surface area contributed by atoms with E-state index in [0.29, 0.717) is 35.5 Å². The number of anilines is 2. The van der Waals surface area contributed by atoms with E-state index in [4.69, 9.17) is 5.14 Å². The van der Waals surface area contributed by atoms with Gasteiger partial charge in [0.05, 0.1) is 26.7 Å². The molecule has 0 aromatic heterocycles. The molecular formula is C29H34N6O6S3. The second-order valence-corrected chi connectivity index (χ2v) is 16.1. The number of aryl methyl sites for hydroxylation is 2. The molecule has 2 saturated heterocycles. The van der Waals surface area contributed by atoms with Gasteiger partial charge in [0.25, 0.3) is 0 Å². The predicted molar refractivity (Wildman–Crippen MR) is 167 cm³/mol. The highest BCUT2D eigenvalue weighted by Crippen LogP contribution is 2.31. The van der Waals surface area contributed by atoms with Crippen LogP contribution in [0.1, 0.15) is 16.7 Å². The van der Waals surface area contributed by atoms with Crippen molar-refractivity contribution in [1.29, 1.82) is 5.26 Å². The van der Waals surface area contributed by atoms with Gasteiger partial charge in [-0.15, -0.1) is 0 Å². The minimum Gasteiger partial charge on any atom is -0.368 e. The van der Waals surface area contributed by atoms with Gasteiger partial charge in [0, 0.05) is 52.4 Å². The number of nitrogens with zero attached hydrogens (tertiary/aromatic N) is 5. The van der Waals surface area contributed by atoms with Crippen molar-refractivity contribution in [3.05, 3.63) is 77.4 Å². The van der Waals surface area contributed by atoms with Crippen molar-refractivity contribution in [2.45, 2.75) is 28.5 Å². The summed E-state index contributed by atoms with van der Waals surface area (Å²) in [4.78, 5) is 3.58. The molecule has 0 spiro atoms. The van der Waals surface area contributed by atoms with Crippen LogP contribution in [0, 0.1) is 25.2 Å². The fraction of sp³-hybridized carbons (Fsp3) is 0.345. The highest BCUT2D eigenvalue weighted by atomic mass is 32.2. The summed E-state index contributed by atoms with van der Waals surface area (Å²) in [6, 6.07) is 18.5. The van der Waals surface area contributed by atoms with Crippen LogP contribution in [0.25, 0.3) is 0 Å². The molecule has 12 nitrogen and oxygen atoms in total. The number of hydrogen-bond acceptors (Lipinski definition) is 9. The standard InChI is InChI=1S/C29H34N6O6S3/c1-22-19-23(2)29(44(40,41)35-17-13-33(14-18-35)26-9-5-6-10-27(26)42(31,36)37)20-28(22)43(38,39)34-15-11-32(12-16-34)25-8-4-3-7-24(25)21-30/h3-10,19-20H,11-18H2,1-2H3,(H2,31,36,37). The zero-order chi connectivity index (χ0) is 31.9. The number of piperazine rings is 2. The molecule has 2 fully saturated rings. The van der Waals surface area contributed by atoms with Crippen molar-refractivity contribution in [3.8, 4) is 6.07 Å². The molecule has 3 aromatic rings. The molecule has 0 saturated carbocycles. The van der Waals surface area contributed by atoms with E-state index in [0.717, 1.165) is 5.69 Å². The SMILES string of the molecule is Cc1cc(C)c(S(=O)(=O)N2CCN(c3ccccc3S(N)(=O)=O)CC2)cc1S(=O)(=O)N1CCN(c2ccccc2C#N)CC1. The first-order valence-corrected chi connectivity index (χ1v) is 18.4. The number of nitriles is 1. The van der Waals surface area contributed by atoms with Crippen molar-refractivity contribution < 1.29 is 25.3 Å². The van der Waals surface area contributed by atoms with Crippen LogP contribution in [0.5, 0.6) is 0 Å². The Morgan fingerprint density at radius 1 is 0.614 bits per heavy atom. The van der Waals surface area contributed by atoms with E-state index >= 15 is 0 Å². The van der Waals surface area contributed by atoms with Crippen molar-refractivity contribution in [2.75, 3.05) is 62.2 Å². The molecule has 5 rings (SSSR count). The van der Waals surface area contributed by atoms with Gasteiger partial charge in [-0.2, -0.15) is 13.9 Å². The summed E-state index contributed by atoms with van der Waals surface area (Å²) >= 11 is 0. The summed E-state index contributed by atoms with van der Waals surface area (Å²) in [5, 5.41) is 14.8. The smallest absolute Gasteiger partial charge is 0.243 e. The van der Waals surface area contributed by atoms with Crippen LogP contribution in [-0.2, 0) is 30.1 Å². The first-order valence-electron chi connectivity index (χ1n) is 14.0. The zero-order valence-corrected chi connectivity index (χ0v) is 26.9. The van der Waals surface area contributed by atoms with Crippen LogP contribution in [0.3, 0.4) is 0 Å². The lowest BCUT2D eigenvalue weighted by atomic mass is 10.1. The molecule has 0 unspecified atom stereocenters. The van der Waals surface area contributed by atoms with Gasteiger partial charge in [-0.25, -0.2) is 30.4 Å². The fourth-order valence-electron chi connectivity index (χ4n) is 5.79. The number of primary sulfonamides is 1. The van der Waals surface area contributed by atoms with Crippen molar-refractivity contribution in [1.82, 2.24) is 8.61 Å². The fourth-order valence-corrected chi connectivity index (χ4v) is 9.93. The van der Waals surface area contributed by atoms with E-state index in [1.165, 1.54) is 20.7 Å². The van der Waals surface area contributed by atoms with E-state index in [9.17, 15) is 30.5 Å². The summed E-state index contributed by atoms with van der Waals surface area (Å²) in [5.74, 6) is 0. The minimum absolute atomic E-state index is 0.0318. The second-order valence-electron chi connectivity index (χ2n) is 10.8. The van der Waals surface area contributed by atoms with Gasteiger partial charge in [0.1, 0.15) is 11.0 Å². The van der Waals surface area contributed by atoms with Gasteiger partial charge in [0.15, 0.2) is 0 Å². The lowest BCUT2D eigenvalue weighted by molar-refractivity contribution is 0.382. The quantitative estimate of drug-likeness (QED) is 0.399.